The molecular weight excluding hydrogens is 635 g/mol. The molecule has 2 N–H and O–H groups in total. The van der Waals surface area contributed by atoms with E-state index >= 15 is 0 Å². The zero-order chi connectivity index (χ0) is 35.5. The normalized spacial score (nSPS) is 20.0. The molecule has 2 fully saturated rings. The second-order valence-corrected chi connectivity index (χ2v) is 14.3. The van der Waals surface area contributed by atoms with E-state index in [-0.39, 0.29) is 18.2 Å². The quantitative estimate of drug-likeness (QED) is 0.141. The molecule has 0 saturated carbocycles. The molecule has 7 heteroatoms. The first-order valence-corrected chi connectivity index (χ1v) is 18.9. The van der Waals surface area contributed by atoms with E-state index in [4.69, 9.17) is 4.74 Å². The molecule has 3 aromatic carbocycles. The molecule has 2 aliphatic heterocycles. The van der Waals surface area contributed by atoms with Gasteiger partial charge in [0, 0.05) is 43.5 Å². The Morgan fingerprint density at radius 1 is 0.922 bits per heavy atom. The van der Waals surface area contributed by atoms with Gasteiger partial charge in [0.2, 0.25) is 0 Å². The van der Waals surface area contributed by atoms with Gasteiger partial charge in [-0.1, -0.05) is 86.0 Å². The zero-order valence-electron chi connectivity index (χ0n) is 30.0. The molecule has 1 unspecified atom stereocenters. The summed E-state index contributed by atoms with van der Waals surface area (Å²) in [7, 11) is 0. The van der Waals surface area contributed by atoms with Crippen LogP contribution >= 0.6 is 0 Å². The van der Waals surface area contributed by atoms with E-state index in [0.717, 1.165) is 60.0 Å². The highest BCUT2D eigenvalue weighted by molar-refractivity contribution is 5.95. The van der Waals surface area contributed by atoms with E-state index in [1.165, 1.54) is 45.2 Å². The minimum atomic E-state index is -1.38. The lowest BCUT2D eigenvalue weighted by Gasteiger charge is -2.32. The Kier molecular flexibility index (Phi) is 12.7. The number of nitrogens with one attached hydrogen (secondary N) is 1. The van der Waals surface area contributed by atoms with Crippen molar-refractivity contribution in [3.8, 4) is 11.1 Å². The summed E-state index contributed by atoms with van der Waals surface area (Å²) in [5, 5.41) is 14.2. The molecule has 268 valence electrons. The molecular formula is C44H53N3O4. The van der Waals surface area contributed by atoms with Gasteiger partial charge in [0.25, 0.3) is 11.8 Å². The van der Waals surface area contributed by atoms with E-state index in [2.05, 4.69) is 11.4 Å². The predicted octanol–water partition coefficient (Wildman–Crippen LogP) is 7.99. The minimum absolute atomic E-state index is 0.103. The number of ether oxygens (including phenoxy) is 1. The number of allylic oxidation sites excluding steroid dienone is 1. The van der Waals surface area contributed by atoms with Crippen molar-refractivity contribution < 1.29 is 19.4 Å². The maximum absolute atomic E-state index is 13.7. The Balaban J connectivity index is 1.11. The van der Waals surface area contributed by atoms with Crippen LogP contribution < -0.4 is 5.32 Å². The monoisotopic (exact) mass is 687 g/mol. The molecule has 1 aliphatic carbocycles. The van der Waals surface area contributed by atoms with Gasteiger partial charge in [-0.2, -0.15) is 0 Å². The first kappa shape index (κ1) is 36.5. The van der Waals surface area contributed by atoms with Crippen LogP contribution in [0.4, 0.5) is 0 Å². The zero-order valence-corrected chi connectivity index (χ0v) is 30.0. The molecule has 2 heterocycles. The summed E-state index contributed by atoms with van der Waals surface area (Å²) in [6.07, 6.45) is 17.6. The molecule has 2 saturated heterocycles. The average molecular weight is 688 g/mol. The van der Waals surface area contributed by atoms with Crippen LogP contribution in [0.2, 0.25) is 0 Å². The fraction of sp³-hybridized carbons (Fsp3) is 0.409. The Hall–Kier alpha value is -4.30. The van der Waals surface area contributed by atoms with Crippen LogP contribution in [0.15, 0.2) is 109 Å². The number of hydrogen-bond acceptors (Lipinski definition) is 5. The molecule has 51 heavy (non-hydrogen) atoms. The third-order valence-electron chi connectivity index (χ3n) is 10.6. The van der Waals surface area contributed by atoms with E-state index in [1.807, 2.05) is 96.8 Å². The average Bonchev–Trinajstić information content (AvgIpc) is 3.17. The lowest BCUT2D eigenvalue weighted by Crippen LogP contribution is -2.38. The Labute approximate surface area is 303 Å². The third-order valence-corrected chi connectivity index (χ3v) is 10.6. The van der Waals surface area contributed by atoms with Crippen molar-refractivity contribution in [1.29, 1.82) is 0 Å². The van der Waals surface area contributed by atoms with Crippen LogP contribution in [-0.4, -0.2) is 65.3 Å². The van der Waals surface area contributed by atoms with Gasteiger partial charge >= 0.3 is 0 Å². The second-order valence-electron chi connectivity index (χ2n) is 14.3. The highest BCUT2D eigenvalue weighted by atomic mass is 16.6. The highest BCUT2D eigenvalue weighted by Crippen LogP contribution is 2.29. The minimum Gasteiger partial charge on any atom is -0.362 e. The van der Waals surface area contributed by atoms with Gasteiger partial charge in [0.1, 0.15) is 0 Å². The van der Waals surface area contributed by atoms with Gasteiger partial charge in [0.05, 0.1) is 6.54 Å². The van der Waals surface area contributed by atoms with Crippen LogP contribution in [0.5, 0.6) is 0 Å². The van der Waals surface area contributed by atoms with Crippen molar-refractivity contribution in [1.82, 2.24) is 15.1 Å². The maximum Gasteiger partial charge on any atom is 0.253 e. The summed E-state index contributed by atoms with van der Waals surface area (Å²) in [5.74, 6) is 0.170. The summed E-state index contributed by atoms with van der Waals surface area (Å²) in [4.78, 5) is 31.1. The summed E-state index contributed by atoms with van der Waals surface area (Å²) < 4.78 is 5.53. The van der Waals surface area contributed by atoms with Crippen LogP contribution in [0.25, 0.3) is 17.2 Å². The van der Waals surface area contributed by atoms with Gasteiger partial charge in [-0.3, -0.25) is 9.59 Å². The highest BCUT2D eigenvalue weighted by Gasteiger charge is 2.28. The summed E-state index contributed by atoms with van der Waals surface area (Å²) >= 11 is 0. The lowest BCUT2D eigenvalue weighted by atomic mass is 9.87. The second kappa shape index (κ2) is 17.8. The first-order chi connectivity index (χ1) is 24.9. The SMILES string of the molecule is CCOC1(O)C=CC(N(Cc2cccc(-c3cccc(C(=O)N4CCC(CCCC5CCNCC5)CC4)c3)c2)C(=O)/C=C/c2ccccc2)=CC1. The molecule has 6 rings (SSSR count). The molecule has 0 spiro atoms. The van der Waals surface area contributed by atoms with Crippen molar-refractivity contribution in [2.24, 2.45) is 11.8 Å². The van der Waals surface area contributed by atoms with E-state index < -0.39 is 5.79 Å². The lowest BCUT2D eigenvalue weighted by molar-refractivity contribution is -0.161. The standard InChI is InChI=1S/C44H53N3O4/c1-2-51-44(50)25-19-41(20-26-44)47(42(48)18-17-34-9-4-3-5-10-34)33-37-13-7-14-38(31-37)39-15-8-16-40(32-39)43(49)46-29-23-36(24-30-46)12-6-11-35-21-27-45-28-22-35/h3-5,7-10,13-20,25,31-32,35-36,45,50H,2,6,11-12,21-24,26-30,33H2,1H3/b18-17+. The van der Waals surface area contributed by atoms with E-state index in [1.54, 1.807) is 23.1 Å². The number of carbonyl (C=O) groups is 2. The topological polar surface area (TPSA) is 82.1 Å². The van der Waals surface area contributed by atoms with Crippen LogP contribution in [0.1, 0.15) is 79.8 Å². The number of nitrogens with zero attached hydrogens (tertiary/aromatic N) is 2. The Morgan fingerprint density at radius 2 is 1.63 bits per heavy atom. The Bertz CT molecular complexity index is 1700. The number of amides is 2. The largest absolute Gasteiger partial charge is 0.362 e. The van der Waals surface area contributed by atoms with E-state index in [0.29, 0.717) is 24.4 Å². The number of hydrogen-bond donors (Lipinski definition) is 2. The van der Waals surface area contributed by atoms with Crippen molar-refractivity contribution in [3.05, 3.63) is 126 Å². The van der Waals surface area contributed by atoms with Crippen molar-refractivity contribution in [3.63, 3.8) is 0 Å². The van der Waals surface area contributed by atoms with Crippen molar-refractivity contribution >= 4 is 17.9 Å². The first-order valence-electron chi connectivity index (χ1n) is 18.9. The molecule has 3 aliphatic rings. The van der Waals surface area contributed by atoms with Gasteiger partial charge in [-0.05, 0) is 116 Å². The van der Waals surface area contributed by atoms with Gasteiger partial charge in [-0.25, -0.2) is 0 Å². The van der Waals surface area contributed by atoms with Gasteiger partial charge in [0.15, 0.2) is 5.79 Å². The van der Waals surface area contributed by atoms with Gasteiger partial charge in [-0.15, -0.1) is 0 Å². The number of likely N-dealkylation sites (tertiary alicyclic amines) is 1. The molecule has 0 radical (unpaired) electrons. The smallest absolute Gasteiger partial charge is 0.253 e. The summed E-state index contributed by atoms with van der Waals surface area (Å²) in [6.45, 7) is 6.54. The summed E-state index contributed by atoms with van der Waals surface area (Å²) in [5.41, 5.74) is 5.26. The predicted molar refractivity (Wildman–Crippen MR) is 204 cm³/mol. The number of carbonyl (C=O) groups excluding carboxylic acids is 2. The molecule has 0 aromatic heterocycles. The summed E-state index contributed by atoms with van der Waals surface area (Å²) in [6, 6.07) is 25.8. The molecule has 7 nitrogen and oxygen atoms in total. The molecule has 1 atom stereocenters. The number of benzene rings is 3. The molecule has 0 bridgehead atoms. The van der Waals surface area contributed by atoms with Crippen LogP contribution in [0, 0.1) is 11.8 Å². The molecule has 3 aromatic rings. The van der Waals surface area contributed by atoms with Crippen molar-refractivity contribution in [2.45, 2.75) is 70.6 Å². The number of piperidine rings is 2. The van der Waals surface area contributed by atoms with E-state index in [9.17, 15) is 14.7 Å². The molecule has 2 amide bonds. The third kappa shape index (κ3) is 10.2. The van der Waals surface area contributed by atoms with Crippen LogP contribution in [0.3, 0.4) is 0 Å². The maximum atomic E-state index is 13.7. The number of aliphatic hydroxyl groups is 1. The number of rotatable bonds is 13. The van der Waals surface area contributed by atoms with Gasteiger partial charge < -0.3 is 25.0 Å². The fourth-order valence-electron chi connectivity index (χ4n) is 7.61. The van der Waals surface area contributed by atoms with Crippen LogP contribution in [-0.2, 0) is 16.1 Å². The fourth-order valence-corrected chi connectivity index (χ4v) is 7.61. The Morgan fingerprint density at radius 3 is 2.33 bits per heavy atom. The van der Waals surface area contributed by atoms with Crippen molar-refractivity contribution in [2.75, 3.05) is 32.8 Å².